The molecular formula is C9H7Cl3FNO. The number of halogens is 4. The molecule has 0 aliphatic heterocycles. The van der Waals surface area contributed by atoms with Crippen LogP contribution in [0.1, 0.15) is 0 Å². The number of anilines is 1. The fourth-order valence-electron chi connectivity index (χ4n) is 0.993. The van der Waals surface area contributed by atoms with Gasteiger partial charge in [-0.25, -0.2) is 4.39 Å². The Labute approximate surface area is 102 Å². The van der Waals surface area contributed by atoms with Crippen molar-refractivity contribution in [2.24, 2.45) is 0 Å². The van der Waals surface area contributed by atoms with E-state index in [1.807, 2.05) is 0 Å². The summed E-state index contributed by atoms with van der Waals surface area (Å²) in [5.74, 6) is -0.699. The highest BCUT2D eigenvalue weighted by atomic mass is 35.5. The molecule has 15 heavy (non-hydrogen) atoms. The Morgan fingerprint density at radius 1 is 1.27 bits per heavy atom. The van der Waals surface area contributed by atoms with E-state index in [9.17, 15) is 9.18 Å². The fourth-order valence-corrected chi connectivity index (χ4v) is 1.66. The maximum Gasteiger partial charge on any atom is 0.258 e. The highest BCUT2D eigenvalue weighted by Gasteiger charge is 2.15. The van der Waals surface area contributed by atoms with E-state index >= 15 is 0 Å². The molecule has 0 spiro atoms. The predicted octanol–water partition coefficient (Wildman–Crippen LogP) is 3.58. The van der Waals surface area contributed by atoms with Gasteiger partial charge in [-0.3, -0.25) is 4.79 Å². The van der Waals surface area contributed by atoms with Crippen LogP contribution in [0.15, 0.2) is 12.1 Å². The number of benzene rings is 1. The number of rotatable bonds is 2. The van der Waals surface area contributed by atoms with Gasteiger partial charge in [0.1, 0.15) is 0 Å². The summed E-state index contributed by atoms with van der Waals surface area (Å²) in [4.78, 5) is 12.2. The van der Waals surface area contributed by atoms with Crippen molar-refractivity contribution in [1.29, 1.82) is 0 Å². The molecule has 0 unspecified atom stereocenters. The monoisotopic (exact) mass is 269 g/mol. The van der Waals surface area contributed by atoms with E-state index in [1.165, 1.54) is 19.2 Å². The molecule has 0 N–H and O–H groups in total. The number of carbonyl (C=O) groups is 1. The first kappa shape index (κ1) is 12.6. The lowest BCUT2D eigenvalue weighted by Crippen LogP contribution is -2.27. The Morgan fingerprint density at radius 2 is 1.80 bits per heavy atom. The van der Waals surface area contributed by atoms with Crippen LogP contribution in [0.4, 0.5) is 10.1 Å². The van der Waals surface area contributed by atoms with E-state index in [0.717, 1.165) is 4.90 Å². The first-order valence-corrected chi connectivity index (χ1v) is 5.07. The van der Waals surface area contributed by atoms with E-state index in [0.29, 0.717) is 5.69 Å². The summed E-state index contributed by atoms with van der Waals surface area (Å²) in [6.45, 7) is -1.09. The van der Waals surface area contributed by atoms with Crippen molar-refractivity contribution in [2.75, 3.05) is 18.6 Å². The van der Waals surface area contributed by atoms with Crippen LogP contribution in [0.5, 0.6) is 0 Å². The zero-order chi connectivity index (χ0) is 11.6. The lowest BCUT2D eigenvalue weighted by Gasteiger charge is -2.17. The highest BCUT2D eigenvalue weighted by Crippen LogP contribution is 2.34. The van der Waals surface area contributed by atoms with Crippen molar-refractivity contribution >= 4 is 46.4 Å². The van der Waals surface area contributed by atoms with Crippen LogP contribution in [-0.4, -0.2) is 19.6 Å². The molecule has 2 nitrogen and oxygen atoms in total. The van der Waals surface area contributed by atoms with Crippen LogP contribution in [0.25, 0.3) is 0 Å². The molecule has 0 aromatic heterocycles. The van der Waals surface area contributed by atoms with Gasteiger partial charge in [0, 0.05) is 7.05 Å². The Morgan fingerprint density at radius 3 is 2.33 bits per heavy atom. The summed E-state index contributed by atoms with van der Waals surface area (Å²) in [6.07, 6.45) is 0. The number of alkyl halides is 1. The summed E-state index contributed by atoms with van der Waals surface area (Å²) in [5, 5.41) is 0.787. The zero-order valence-corrected chi connectivity index (χ0v) is 10.00. The van der Waals surface area contributed by atoms with Crippen LogP contribution < -0.4 is 4.90 Å². The summed E-state index contributed by atoms with van der Waals surface area (Å²) in [5.41, 5.74) is 0.328. The van der Waals surface area contributed by atoms with E-state index in [1.54, 1.807) is 0 Å². The van der Waals surface area contributed by atoms with E-state index in [4.69, 9.17) is 34.8 Å². The summed E-state index contributed by atoms with van der Waals surface area (Å²) >= 11 is 17.3. The lowest BCUT2D eigenvalue weighted by molar-refractivity contribution is -0.119. The molecule has 0 aliphatic rings. The SMILES string of the molecule is CN(C(=O)CF)c1cc(Cl)c(Cl)cc1Cl. The van der Waals surface area contributed by atoms with Gasteiger partial charge in [-0.05, 0) is 12.1 Å². The minimum absolute atomic E-state index is 0.244. The third kappa shape index (κ3) is 2.74. The second kappa shape index (κ2) is 5.01. The molecule has 1 amide bonds. The molecule has 0 atom stereocenters. The van der Waals surface area contributed by atoms with Gasteiger partial charge < -0.3 is 4.90 Å². The summed E-state index contributed by atoms with van der Waals surface area (Å²) in [6, 6.07) is 2.82. The standard InChI is InChI=1S/C9H7Cl3FNO/c1-14(9(15)4-13)8-3-6(11)5(10)2-7(8)12/h2-3H,4H2,1H3. The molecule has 0 bridgehead atoms. The quantitative estimate of drug-likeness (QED) is 0.752. The third-order valence-electron chi connectivity index (χ3n) is 1.84. The maximum absolute atomic E-state index is 12.1. The molecule has 0 heterocycles. The van der Waals surface area contributed by atoms with E-state index < -0.39 is 12.6 Å². The average Bonchev–Trinajstić information content (AvgIpc) is 2.21. The Hall–Kier alpha value is -0.510. The molecule has 6 heteroatoms. The minimum Gasteiger partial charge on any atom is -0.312 e. The molecule has 0 radical (unpaired) electrons. The molecule has 1 rings (SSSR count). The van der Waals surface area contributed by atoms with E-state index in [-0.39, 0.29) is 15.1 Å². The third-order valence-corrected chi connectivity index (χ3v) is 2.86. The Balaban J connectivity index is 3.14. The zero-order valence-electron chi connectivity index (χ0n) is 7.73. The van der Waals surface area contributed by atoms with Crippen LogP contribution in [0.2, 0.25) is 15.1 Å². The molecule has 1 aromatic rings. The summed E-state index contributed by atoms with van der Waals surface area (Å²) < 4.78 is 12.1. The van der Waals surface area contributed by atoms with Gasteiger partial charge in [0.25, 0.3) is 5.91 Å². The van der Waals surface area contributed by atoms with Crippen molar-refractivity contribution in [1.82, 2.24) is 0 Å². The number of carbonyl (C=O) groups excluding carboxylic acids is 1. The van der Waals surface area contributed by atoms with Crippen molar-refractivity contribution < 1.29 is 9.18 Å². The largest absolute Gasteiger partial charge is 0.312 e. The summed E-state index contributed by atoms with van der Waals surface area (Å²) in [7, 11) is 1.41. The number of amides is 1. The molecule has 1 aromatic carbocycles. The number of hydrogen-bond acceptors (Lipinski definition) is 1. The van der Waals surface area contributed by atoms with Crippen molar-refractivity contribution in [2.45, 2.75) is 0 Å². The van der Waals surface area contributed by atoms with Gasteiger partial charge in [0.15, 0.2) is 6.67 Å². The van der Waals surface area contributed by atoms with Gasteiger partial charge in [0.05, 0.1) is 20.8 Å². The van der Waals surface area contributed by atoms with Crippen molar-refractivity contribution in [3.8, 4) is 0 Å². The maximum atomic E-state index is 12.1. The normalized spacial score (nSPS) is 10.2. The molecule has 0 aliphatic carbocycles. The average molecular weight is 271 g/mol. The van der Waals surface area contributed by atoms with Gasteiger partial charge in [-0.2, -0.15) is 0 Å². The predicted molar refractivity (Wildman–Crippen MR) is 60.9 cm³/mol. The van der Waals surface area contributed by atoms with Gasteiger partial charge in [-0.15, -0.1) is 0 Å². The molecule has 82 valence electrons. The topological polar surface area (TPSA) is 20.3 Å². The fraction of sp³-hybridized carbons (Fsp3) is 0.222. The lowest BCUT2D eigenvalue weighted by atomic mass is 10.3. The van der Waals surface area contributed by atoms with Crippen molar-refractivity contribution in [3.63, 3.8) is 0 Å². The van der Waals surface area contributed by atoms with Crippen LogP contribution in [0, 0.1) is 0 Å². The smallest absolute Gasteiger partial charge is 0.258 e. The second-order valence-corrected chi connectivity index (χ2v) is 4.03. The Bertz CT molecular complexity index is 397. The number of hydrogen-bond donors (Lipinski definition) is 0. The molecule has 0 fully saturated rings. The van der Waals surface area contributed by atoms with Crippen LogP contribution >= 0.6 is 34.8 Å². The van der Waals surface area contributed by atoms with Gasteiger partial charge in [0.2, 0.25) is 0 Å². The molecule has 0 saturated carbocycles. The second-order valence-electron chi connectivity index (χ2n) is 2.80. The minimum atomic E-state index is -1.09. The van der Waals surface area contributed by atoms with Gasteiger partial charge >= 0.3 is 0 Å². The van der Waals surface area contributed by atoms with E-state index in [2.05, 4.69) is 0 Å². The first-order valence-electron chi connectivity index (χ1n) is 3.94. The number of nitrogens with zero attached hydrogens (tertiary/aromatic N) is 1. The molecular weight excluding hydrogens is 263 g/mol. The van der Waals surface area contributed by atoms with Crippen molar-refractivity contribution in [3.05, 3.63) is 27.2 Å². The Kier molecular flexibility index (Phi) is 4.20. The van der Waals surface area contributed by atoms with Crippen LogP contribution in [-0.2, 0) is 4.79 Å². The molecule has 0 saturated heterocycles. The van der Waals surface area contributed by atoms with Gasteiger partial charge in [-0.1, -0.05) is 34.8 Å². The van der Waals surface area contributed by atoms with Crippen LogP contribution in [0.3, 0.4) is 0 Å². The highest BCUT2D eigenvalue weighted by molar-refractivity contribution is 6.44. The first-order chi connectivity index (χ1) is 6.97.